The topological polar surface area (TPSA) is 64.6 Å². The maximum absolute atomic E-state index is 13.8. The number of carbonyl (C=O) groups excluding carboxylic acids is 2. The molecular weight excluding hydrogens is 372 g/mol. The van der Waals surface area contributed by atoms with Crippen LogP contribution in [0.5, 0.6) is 5.75 Å². The van der Waals surface area contributed by atoms with Crippen LogP contribution in [0.3, 0.4) is 0 Å². The second-order valence-corrected chi connectivity index (χ2v) is 5.78. The molecule has 1 N–H and O–H groups in total. The van der Waals surface area contributed by atoms with E-state index < -0.39 is 24.3 Å². The molecule has 1 amide bonds. The molecule has 0 heterocycles. The summed E-state index contributed by atoms with van der Waals surface area (Å²) in [5.74, 6) is -2.02. The van der Waals surface area contributed by atoms with Gasteiger partial charge in [0.2, 0.25) is 0 Å². The predicted molar refractivity (Wildman–Crippen MR) is 91.5 cm³/mol. The van der Waals surface area contributed by atoms with Crippen molar-refractivity contribution < 1.29 is 23.5 Å². The highest BCUT2D eigenvalue weighted by atomic mass is 35.5. The molecule has 132 valence electrons. The minimum absolute atomic E-state index is 0.142. The normalized spacial score (nSPS) is 10.2. The molecule has 0 fully saturated rings. The monoisotopic (exact) mass is 385 g/mol. The van der Waals surface area contributed by atoms with Crippen LogP contribution in [0.2, 0.25) is 10.0 Å². The maximum atomic E-state index is 13.8. The van der Waals surface area contributed by atoms with Crippen molar-refractivity contribution in [3.63, 3.8) is 0 Å². The first-order valence-electron chi connectivity index (χ1n) is 7.12. The minimum Gasteiger partial charge on any atom is -0.497 e. The maximum Gasteiger partial charge on any atom is 0.341 e. The van der Waals surface area contributed by atoms with E-state index in [0.717, 1.165) is 6.07 Å². The first-order valence-corrected chi connectivity index (χ1v) is 7.87. The van der Waals surface area contributed by atoms with E-state index in [1.165, 1.54) is 19.2 Å². The number of methoxy groups -OCH3 is 1. The number of carbonyl (C=O) groups is 2. The van der Waals surface area contributed by atoms with E-state index in [4.69, 9.17) is 32.7 Å². The first kappa shape index (κ1) is 19.0. The summed E-state index contributed by atoms with van der Waals surface area (Å²) in [6.07, 6.45) is 0. The van der Waals surface area contributed by atoms with Gasteiger partial charge in [0.05, 0.1) is 12.7 Å². The van der Waals surface area contributed by atoms with E-state index in [1.54, 1.807) is 18.2 Å². The number of benzene rings is 2. The van der Waals surface area contributed by atoms with Crippen LogP contribution < -0.4 is 10.1 Å². The lowest BCUT2D eigenvalue weighted by Crippen LogP contribution is -2.28. The summed E-state index contributed by atoms with van der Waals surface area (Å²) in [5.41, 5.74) is 0.376. The van der Waals surface area contributed by atoms with Gasteiger partial charge in [-0.05, 0) is 29.8 Å². The van der Waals surface area contributed by atoms with E-state index in [1.807, 2.05) is 0 Å². The third-order valence-electron chi connectivity index (χ3n) is 3.22. The molecule has 0 unspecified atom stereocenters. The molecule has 0 saturated carbocycles. The van der Waals surface area contributed by atoms with Crippen molar-refractivity contribution in [1.82, 2.24) is 5.32 Å². The Morgan fingerprint density at radius 2 is 1.92 bits per heavy atom. The van der Waals surface area contributed by atoms with E-state index in [9.17, 15) is 14.0 Å². The Morgan fingerprint density at radius 1 is 1.16 bits per heavy atom. The van der Waals surface area contributed by atoms with Gasteiger partial charge in [-0.1, -0.05) is 29.3 Å². The molecule has 2 aromatic rings. The van der Waals surface area contributed by atoms with Gasteiger partial charge in [-0.2, -0.15) is 0 Å². The Labute approximate surface area is 153 Å². The second-order valence-electron chi connectivity index (χ2n) is 4.93. The molecule has 5 nitrogen and oxygen atoms in total. The molecule has 0 bridgehead atoms. The Balaban J connectivity index is 1.86. The number of rotatable bonds is 6. The Hall–Kier alpha value is -2.31. The summed E-state index contributed by atoms with van der Waals surface area (Å²) >= 11 is 11.8. The van der Waals surface area contributed by atoms with Crippen LogP contribution in [0.25, 0.3) is 0 Å². The lowest BCUT2D eigenvalue weighted by atomic mass is 10.2. The van der Waals surface area contributed by atoms with Crippen LogP contribution in [-0.2, 0) is 16.1 Å². The zero-order valence-corrected chi connectivity index (χ0v) is 14.7. The van der Waals surface area contributed by atoms with Gasteiger partial charge in [0, 0.05) is 22.7 Å². The molecule has 0 aromatic heterocycles. The SMILES string of the molecule is COc1ccc(C(=O)OCC(=O)NCc2ccc(Cl)cc2Cl)c(F)c1. The summed E-state index contributed by atoms with van der Waals surface area (Å²) in [7, 11) is 1.38. The number of hydrogen-bond acceptors (Lipinski definition) is 4. The fourth-order valence-corrected chi connectivity index (χ4v) is 2.38. The van der Waals surface area contributed by atoms with Crippen molar-refractivity contribution in [2.24, 2.45) is 0 Å². The van der Waals surface area contributed by atoms with E-state index in [0.29, 0.717) is 15.6 Å². The van der Waals surface area contributed by atoms with Crippen LogP contribution in [-0.4, -0.2) is 25.6 Å². The number of halogens is 3. The zero-order chi connectivity index (χ0) is 18.4. The van der Waals surface area contributed by atoms with E-state index in [2.05, 4.69) is 5.32 Å². The number of hydrogen-bond donors (Lipinski definition) is 1. The predicted octanol–water partition coefficient (Wildman–Crippen LogP) is 3.61. The molecule has 0 aliphatic carbocycles. The third-order valence-corrected chi connectivity index (χ3v) is 3.81. The molecule has 0 aliphatic heterocycles. The molecule has 0 saturated heterocycles. The van der Waals surface area contributed by atoms with Crippen molar-refractivity contribution in [3.05, 3.63) is 63.4 Å². The smallest absolute Gasteiger partial charge is 0.341 e. The fourth-order valence-electron chi connectivity index (χ4n) is 1.91. The highest BCUT2D eigenvalue weighted by Gasteiger charge is 2.15. The Morgan fingerprint density at radius 3 is 2.56 bits per heavy atom. The van der Waals surface area contributed by atoms with Gasteiger partial charge in [-0.25, -0.2) is 9.18 Å². The van der Waals surface area contributed by atoms with Crippen molar-refractivity contribution in [1.29, 1.82) is 0 Å². The van der Waals surface area contributed by atoms with Crippen molar-refractivity contribution in [2.75, 3.05) is 13.7 Å². The standard InChI is InChI=1S/C17H14Cl2FNO4/c1-24-12-4-5-13(15(20)7-12)17(23)25-9-16(22)21-8-10-2-3-11(18)6-14(10)19/h2-7H,8-9H2,1H3,(H,21,22). The lowest BCUT2D eigenvalue weighted by Gasteiger charge is -2.09. The second kappa shape index (κ2) is 8.69. The molecule has 8 heteroatoms. The van der Waals surface area contributed by atoms with Gasteiger partial charge in [0.1, 0.15) is 11.6 Å². The molecular formula is C17H14Cl2FNO4. The van der Waals surface area contributed by atoms with Crippen LogP contribution in [0.4, 0.5) is 4.39 Å². The fraction of sp³-hybridized carbons (Fsp3) is 0.176. The number of ether oxygens (including phenoxy) is 2. The number of nitrogens with one attached hydrogen (secondary N) is 1. The largest absolute Gasteiger partial charge is 0.497 e. The molecule has 0 radical (unpaired) electrons. The zero-order valence-electron chi connectivity index (χ0n) is 13.1. The van der Waals surface area contributed by atoms with Gasteiger partial charge >= 0.3 is 5.97 Å². The lowest BCUT2D eigenvalue weighted by molar-refractivity contribution is -0.124. The van der Waals surface area contributed by atoms with Crippen molar-refractivity contribution >= 4 is 35.1 Å². The third kappa shape index (κ3) is 5.34. The van der Waals surface area contributed by atoms with Gasteiger partial charge in [0.25, 0.3) is 5.91 Å². The molecule has 0 atom stereocenters. The number of amides is 1. The highest BCUT2D eigenvalue weighted by Crippen LogP contribution is 2.20. The van der Waals surface area contributed by atoms with Crippen LogP contribution >= 0.6 is 23.2 Å². The van der Waals surface area contributed by atoms with Gasteiger partial charge in [-0.15, -0.1) is 0 Å². The van der Waals surface area contributed by atoms with Crippen LogP contribution in [0.15, 0.2) is 36.4 Å². The van der Waals surface area contributed by atoms with E-state index >= 15 is 0 Å². The van der Waals surface area contributed by atoms with Gasteiger partial charge < -0.3 is 14.8 Å². The summed E-state index contributed by atoms with van der Waals surface area (Å²) < 4.78 is 23.4. The van der Waals surface area contributed by atoms with Crippen molar-refractivity contribution in [3.8, 4) is 5.75 Å². The van der Waals surface area contributed by atoms with Gasteiger partial charge in [0.15, 0.2) is 6.61 Å². The Bertz CT molecular complexity index is 798. The highest BCUT2D eigenvalue weighted by molar-refractivity contribution is 6.35. The van der Waals surface area contributed by atoms with E-state index in [-0.39, 0.29) is 17.9 Å². The van der Waals surface area contributed by atoms with Crippen LogP contribution in [0, 0.1) is 5.82 Å². The minimum atomic E-state index is -0.945. The molecule has 0 aliphatic rings. The summed E-state index contributed by atoms with van der Waals surface area (Å²) in [5, 5.41) is 3.43. The van der Waals surface area contributed by atoms with Gasteiger partial charge in [-0.3, -0.25) is 4.79 Å². The average Bonchev–Trinajstić information content (AvgIpc) is 2.58. The summed E-state index contributed by atoms with van der Waals surface area (Å²) in [6, 6.07) is 8.56. The Kier molecular flexibility index (Phi) is 6.61. The van der Waals surface area contributed by atoms with Crippen LogP contribution in [0.1, 0.15) is 15.9 Å². The quantitative estimate of drug-likeness (QED) is 0.771. The first-order chi connectivity index (χ1) is 11.9. The number of esters is 1. The molecule has 25 heavy (non-hydrogen) atoms. The van der Waals surface area contributed by atoms with Crippen molar-refractivity contribution in [2.45, 2.75) is 6.54 Å². The average molecular weight is 386 g/mol. The summed E-state index contributed by atoms with van der Waals surface area (Å²) in [4.78, 5) is 23.6. The molecule has 2 rings (SSSR count). The molecule has 2 aromatic carbocycles. The molecule has 0 spiro atoms. The summed E-state index contributed by atoms with van der Waals surface area (Å²) in [6.45, 7) is -0.404.